The fraction of sp³-hybridized carbons (Fsp3) is 0.600. The molecule has 112 valence electrons. The highest BCUT2D eigenvalue weighted by molar-refractivity contribution is 5.15. The monoisotopic (exact) mass is 287 g/mol. The van der Waals surface area contributed by atoms with Gasteiger partial charge in [-0.15, -0.1) is 0 Å². The van der Waals surface area contributed by atoms with Crippen LogP contribution in [-0.2, 0) is 6.54 Å². The standard InChI is InChI=1S/C15H20F3NO/c16-15(17,18)13-7-4-8-14(9-13,11-20)19-10-12-5-2-1-3-6-12/h1-3,5-6,13,19-20H,4,7-11H2. The van der Waals surface area contributed by atoms with Gasteiger partial charge < -0.3 is 10.4 Å². The molecule has 1 aliphatic rings. The first kappa shape index (κ1) is 15.3. The Bertz CT molecular complexity index is 421. The van der Waals surface area contributed by atoms with Crippen LogP contribution in [0.25, 0.3) is 0 Å². The van der Waals surface area contributed by atoms with Crippen LogP contribution in [0, 0.1) is 5.92 Å². The molecule has 0 bridgehead atoms. The van der Waals surface area contributed by atoms with E-state index in [1.807, 2.05) is 30.3 Å². The van der Waals surface area contributed by atoms with E-state index in [0.29, 0.717) is 19.4 Å². The summed E-state index contributed by atoms with van der Waals surface area (Å²) in [6, 6.07) is 9.51. The average molecular weight is 287 g/mol. The van der Waals surface area contributed by atoms with Gasteiger partial charge >= 0.3 is 6.18 Å². The van der Waals surface area contributed by atoms with Gasteiger partial charge in [-0.3, -0.25) is 0 Å². The van der Waals surface area contributed by atoms with Crippen molar-refractivity contribution in [2.45, 2.75) is 43.9 Å². The minimum absolute atomic E-state index is 0.0418. The summed E-state index contributed by atoms with van der Waals surface area (Å²) in [7, 11) is 0. The Morgan fingerprint density at radius 3 is 2.55 bits per heavy atom. The van der Waals surface area contributed by atoms with Crippen LogP contribution < -0.4 is 5.32 Å². The molecule has 0 aromatic heterocycles. The zero-order chi connectivity index (χ0) is 14.6. The largest absolute Gasteiger partial charge is 0.394 e. The molecule has 0 heterocycles. The average Bonchev–Trinajstić information content (AvgIpc) is 2.46. The number of hydrogen-bond donors (Lipinski definition) is 2. The van der Waals surface area contributed by atoms with Gasteiger partial charge in [0.05, 0.1) is 12.5 Å². The normalized spacial score (nSPS) is 27.5. The van der Waals surface area contributed by atoms with E-state index in [1.54, 1.807) is 0 Å². The summed E-state index contributed by atoms with van der Waals surface area (Å²) in [5.41, 5.74) is 0.198. The van der Waals surface area contributed by atoms with E-state index in [2.05, 4.69) is 5.32 Å². The molecule has 1 aromatic carbocycles. The van der Waals surface area contributed by atoms with E-state index in [9.17, 15) is 18.3 Å². The molecular weight excluding hydrogens is 267 g/mol. The van der Waals surface area contributed by atoms with Gasteiger partial charge in [-0.25, -0.2) is 0 Å². The molecule has 1 saturated carbocycles. The number of hydrogen-bond acceptors (Lipinski definition) is 2. The maximum absolute atomic E-state index is 12.9. The molecule has 2 atom stereocenters. The lowest BCUT2D eigenvalue weighted by Gasteiger charge is -2.41. The topological polar surface area (TPSA) is 32.3 Å². The van der Waals surface area contributed by atoms with Crippen molar-refractivity contribution in [2.24, 2.45) is 5.92 Å². The second kappa shape index (κ2) is 6.14. The van der Waals surface area contributed by atoms with Crippen molar-refractivity contribution in [1.82, 2.24) is 5.32 Å². The molecule has 2 unspecified atom stereocenters. The second-order valence-corrected chi connectivity index (χ2v) is 5.61. The SMILES string of the molecule is OCC1(NCc2ccccc2)CCCC(C(F)(F)F)C1. The van der Waals surface area contributed by atoms with E-state index in [-0.39, 0.29) is 19.4 Å². The van der Waals surface area contributed by atoms with Crippen molar-refractivity contribution in [3.8, 4) is 0 Å². The Morgan fingerprint density at radius 1 is 1.25 bits per heavy atom. The number of nitrogens with one attached hydrogen (secondary N) is 1. The van der Waals surface area contributed by atoms with Crippen molar-refractivity contribution in [3.63, 3.8) is 0 Å². The molecule has 1 fully saturated rings. The molecule has 0 amide bonds. The number of rotatable bonds is 4. The van der Waals surface area contributed by atoms with E-state index < -0.39 is 17.6 Å². The van der Waals surface area contributed by atoms with Gasteiger partial charge in [0, 0.05) is 12.1 Å². The van der Waals surface area contributed by atoms with Gasteiger partial charge in [0.15, 0.2) is 0 Å². The summed E-state index contributed by atoms with van der Waals surface area (Å²) in [6.45, 7) is 0.221. The lowest BCUT2D eigenvalue weighted by atomic mass is 9.75. The van der Waals surface area contributed by atoms with Crippen molar-refractivity contribution >= 4 is 0 Å². The van der Waals surface area contributed by atoms with Gasteiger partial charge in [0.25, 0.3) is 0 Å². The molecule has 5 heteroatoms. The van der Waals surface area contributed by atoms with Crippen molar-refractivity contribution in [3.05, 3.63) is 35.9 Å². The maximum Gasteiger partial charge on any atom is 0.391 e. The van der Waals surface area contributed by atoms with Crippen molar-refractivity contribution in [1.29, 1.82) is 0 Å². The molecular formula is C15H20F3NO. The van der Waals surface area contributed by atoms with Crippen molar-refractivity contribution < 1.29 is 18.3 Å². The minimum atomic E-state index is -4.17. The fourth-order valence-electron chi connectivity index (χ4n) is 2.89. The highest BCUT2D eigenvalue weighted by atomic mass is 19.4. The van der Waals surface area contributed by atoms with Gasteiger partial charge in [-0.1, -0.05) is 36.8 Å². The second-order valence-electron chi connectivity index (χ2n) is 5.61. The molecule has 2 N–H and O–H groups in total. The lowest BCUT2D eigenvalue weighted by Crippen LogP contribution is -2.53. The first-order chi connectivity index (χ1) is 9.45. The zero-order valence-corrected chi connectivity index (χ0v) is 11.3. The van der Waals surface area contributed by atoms with Crippen LogP contribution in [0.15, 0.2) is 30.3 Å². The number of halogens is 3. The third-order valence-corrected chi connectivity index (χ3v) is 4.12. The van der Waals surface area contributed by atoms with Crippen LogP contribution in [0.5, 0.6) is 0 Å². The molecule has 0 radical (unpaired) electrons. The van der Waals surface area contributed by atoms with Gasteiger partial charge in [0.2, 0.25) is 0 Å². The number of aliphatic hydroxyl groups is 1. The summed E-state index contributed by atoms with van der Waals surface area (Å²) in [5, 5.41) is 12.7. The Morgan fingerprint density at radius 2 is 1.95 bits per heavy atom. The fourth-order valence-corrected chi connectivity index (χ4v) is 2.89. The number of benzene rings is 1. The quantitative estimate of drug-likeness (QED) is 0.891. The van der Waals surface area contributed by atoms with Gasteiger partial charge in [-0.05, 0) is 24.8 Å². The van der Waals surface area contributed by atoms with E-state index in [0.717, 1.165) is 5.56 Å². The number of alkyl halides is 3. The first-order valence-electron chi connectivity index (χ1n) is 6.92. The molecule has 0 aliphatic heterocycles. The molecule has 0 saturated heterocycles. The summed E-state index contributed by atoms with van der Waals surface area (Å²) >= 11 is 0. The highest BCUT2D eigenvalue weighted by Gasteiger charge is 2.47. The predicted octanol–water partition coefficient (Wildman–Crippen LogP) is 3.26. The molecule has 1 aromatic rings. The van der Waals surface area contributed by atoms with Crippen LogP contribution in [0.4, 0.5) is 13.2 Å². The number of aliphatic hydroxyl groups excluding tert-OH is 1. The third-order valence-electron chi connectivity index (χ3n) is 4.12. The Labute approximate surface area is 117 Å². The molecule has 1 aliphatic carbocycles. The lowest BCUT2D eigenvalue weighted by molar-refractivity contribution is -0.190. The predicted molar refractivity (Wildman–Crippen MR) is 71.1 cm³/mol. The summed E-state index contributed by atoms with van der Waals surface area (Å²) in [4.78, 5) is 0. The smallest absolute Gasteiger partial charge is 0.391 e. The van der Waals surface area contributed by atoms with Crippen LogP contribution in [0.3, 0.4) is 0 Å². The molecule has 0 spiro atoms. The van der Waals surface area contributed by atoms with Gasteiger partial charge in [-0.2, -0.15) is 13.2 Å². The Balaban J connectivity index is 2.02. The van der Waals surface area contributed by atoms with Crippen LogP contribution >= 0.6 is 0 Å². The van der Waals surface area contributed by atoms with Crippen LogP contribution in [0.1, 0.15) is 31.2 Å². The summed E-state index contributed by atoms with van der Waals surface area (Å²) in [6.07, 6.45) is -2.97. The van der Waals surface area contributed by atoms with Crippen LogP contribution in [0.2, 0.25) is 0 Å². The maximum atomic E-state index is 12.9. The Kier molecular flexibility index (Phi) is 4.70. The third kappa shape index (κ3) is 3.73. The zero-order valence-electron chi connectivity index (χ0n) is 11.3. The molecule has 20 heavy (non-hydrogen) atoms. The summed E-state index contributed by atoms with van der Waals surface area (Å²) < 4.78 is 38.6. The van der Waals surface area contributed by atoms with E-state index in [4.69, 9.17) is 0 Å². The highest BCUT2D eigenvalue weighted by Crippen LogP contribution is 2.41. The van der Waals surface area contributed by atoms with E-state index >= 15 is 0 Å². The molecule has 2 nitrogen and oxygen atoms in total. The first-order valence-corrected chi connectivity index (χ1v) is 6.92. The minimum Gasteiger partial charge on any atom is -0.394 e. The van der Waals surface area contributed by atoms with E-state index in [1.165, 1.54) is 0 Å². The molecule has 2 rings (SSSR count). The Hall–Kier alpha value is -1.07. The summed E-state index contributed by atoms with van der Waals surface area (Å²) in [5.74, 6) is -1.31. The van der Waals surface area contributed by atoms with Crippen molar-refractivity contribution in [2.75, 3.05) is 6.61 Å². The van der Waals surface area contributed by atoms with Gasteiger partial charge in [0.1, 0.15) is 0 Å². The van der Waals surface area contributed by atoms with Crippen LogP contribution in [-0.4, -0.2) is 23.4 Å².